The largest absolute Gasteiger partial charge is 0.506 e. The van der Waals surface area contributed by atoms with Gasteiger partial charge in [0.1, 0.15) is 17.9 Å². The first kappa shape index (κ1) is 14.8. The summed E-state index contributed by atoms with van der Waals surface area (Å²) in [6.45, 7) is -0.333. The summed E-state index contributed by atoms with van der Waals surface area (Å²) >= 11 is 0. The van der Waals surface area contributed by atoms with E-state index in [9.17, 15) is 19.5 Å². The average Bonchev–Trinajstić information content (AvgIpc) is 2.99. The van der Waals surface area contributed by atoms with Gasteiger partial charge in [-0.1, -0.05) is 30.3 Å². The van der Waals surface area contributed by atoms with E-state index in [-0.39, 0.29) is 24.5 Å². The average molecular weight is 315 g/mol. The Labute approximate surface area is 131 Å². The van der Waals surface area contributed by atoms with Crippen LogP contribution in [0.2, 0.25) is 0 Å². The molecule has 0 aromatic heterocycles. The summed E-state index contributed by atoms with van der Waals surface area (Å²) in [4.78, 5) is 35.9. The lowest BCUT2D eigenvalue weighted by atomic mass is 10.1. The molecule has 1 heterocycles. The van der Waals surface area contributed by atoms with E-state index in [1.54, 1.807) is 24.3 Å². The second-order valence-corrected chi connectivity index (χ2v) is 4.92. The summed E-state index contributed by atoms with van der Waals surface area (Å²) in [5.74, 6) is -1.71. The van der Waals surface area contributed by atoms with E-state index in [4.69, 9.17) is 4.74 Å². The van der Waals surface area contributed by atoms with Gasteiger partial charge in [-0.2, -0.15) is 0 Å². The summed E-state index contributed by atoms with van der Waals surface area (Å²) in [6.07, 6.45) is -0.750. The normalized spacial score (nSPS) is 13.9. The third-order valence-electron chi connectivity index (χ3n) is 3.51. The molecule has 7 nitrogen and oxygen atoms in total. The van der Waals surface area contributed by atoms with Crippen molar-refractivity contribution < 1.29 is 29.0 Å². The molecule has 2 aromatic rings. The van der Waals surface area contributed by atoms with Gasteiger partial charge in [0.25, 0.3) is 5.91 Å². The number of hydrogen-bond donors (Lipinski definition) is 1. The lowest BCUT2D eigenvalue weighted by Crippen LogP contribution is -2.35. The van der Waals surface area contributed by atoms with E-state index < -0.39 is 24.6 Å². The molecule has 0 bridgehead atoms. The number of carbonyl (C=O) groups excluding carboxylic acids is 3. The van der Waals surface area contributed by atoms with Gasteiger partial charge in [-0.25, -0.2) is 14.5 Å². The van der Waals surface area contributed by atoms with E-state index in [0.29, 0.717) is 5.39 Å². The molecular formula is C16H13NO6. The molecule has 118 valence electrons. The van der Waals surface area contributed by atoms with Crippen molar-refractivity contribution in [3.05, 3.63) is 42.0 Å². The SMILES string of the molecule is O=C(OCC(=O)N1CCOC1=O)c1ccc2ccccc2c1O. The first-order valence-electron chi connectivity index (χ1n) is 6.93. The van der Waals surface area contributed by atoms with Crippen LogP contribution in [0.4, 0.5) is 4.79 Å². The lowest BCUT2D eigenvalue weighted by Gasteiger charge is -2.11. The Bertz CT molecular complexity index is 800. The van der Waals surface area contributed by atoms with Gasteiger partial charge in [-0.15, -0.1) is 0 Å². The first-order valence-corrected chi connectivity index (χ1v) is 6.93. The van der Waals surface area contributed by atoms with Crippen molar-refractivity contribution in [1.29, 1.82) is 0 Å². The fourth-order valence-corrected chi connectivity index (χ4v) is 2.32. The number of aromatic hydroxyl groups is 1. The van der Waals surface area contributed by atoms with Gasteiger partial charge in [0.2, 0.25) is 0 Å². The number of nitrogens with zero attached hydrogens (tertiary/aromatic N) is 1. The molecule has 1 fully saturated rings. The summed E-state index contributed by atoms with van der Waals surface area (Å²) in [7, 11) is 0. The maximum atomic E-state index is 12.0. The quantitative estimate of drug-likeness (QED) is 0.866. The predicted molar refractivity (Wildman–Crippen MR) is 79.0 cm³/mol. The first-order chi connectivity index (χ1) is 11.1. The van der Waals surface area contributed by atoms with Crippen LogP contribution < -0.4 is 0 Å². The minimum absolute atomic E-state index is 0.0412. The number of amides is 2. The van der Waals surface area contributed by atoms with Gasteiger partial charge in [-0.05, 0) is 11.5 Å². The molecular weight excluding hydrogens is 302 g/mol. The van der Waals surface area contributed by atoms with Gasteiger partial charge >= 0.3 is 12.1 Å². The zero-order chi connectivity index (χ0) is 16.4. The third-order valence-corrected chi connectivity index (χ3v) is 3.51. The number of fused-ring (bicyclic) bond motifs is 1. The minimum Gasteiger partial charge on any atom is -0.506 e. The number of phenols is 1. The fourth-order valence-electron chi connectivity index (χ4n) is 2.32. The smallest absolute Gasteiger partial charge is 0.416 e. The van der Waals surface area contributed by atoms with Crippen molar-refractivity contribution in [3.63, 3.8) is 0 Å². The molecule has 2 aromatic carbocycles. The van der Waals surface area contributed by atoms with Crippen molar-refractivity contribution in [1.82, 2.24) is 4.90 Å². The van der Waals surface area contributed by atoms with Crippen LogP contribution in [0.1, 0.15) is 10.4 Å². The molecule has 1 aliphatic rings. The number of imide groups is 1. The van der Waals surface area contributed by atoms with Crippen molar-refractivity contribution in [3.8, 4) is 5.75 Å². The van der Waals surface area contributed by atoms with Crippen LogP contribution >= 0.6 is 0 Å². The summed E-state index contributed by atoms with van der Waals surface area (Å²) in [6, 6.07) is 10.1. The van der Waals surface area contributed by atoms with Crippen LogP contribution in [-0.4, -0.2) is 47.7 Å². The highest BCUT2D eigenvalue weighted by atomic mass is 16.6. The molecule has 1 aliphatic heterocycles. The van der Waals surface area contributed by atoms with Crippen LogP contribution in [-0.2, 0) is 14.3 Å². The number of esters is 1. The van der Waals surface area contributed by atoms with Gasteiger partial charge in [0, 0.05) is 5.39 Å². The Balaban J connectivity index is 1.72. The van der Waals surface area contributed by atoms with Crippen molar-refractivity contribution in [2.45, 2.75) is 0 Å². The number of cyclic esters (lactones) is 1. The van der Waals surface area contributed by atoms with Crippen molar-refractivity contribution in [2.24, 2.45) is 0 Å². The third kappa shape index (κ3) is 2.80. The Morgan fingerprint density at radius 2 is 2.00 bits per heavy atom. The molecule has 1 N–H and O–H groups in total. The molecule has 0 spiro atoms. The van der Waals surface area contributed by atoms with E-state index in [1.807, 2.05) is 6.07 Å². The minimum atomic E-state index is -0.839. The summed E-state index contributed by atoms with van der Waals surface area (Å²) in [5, 5.41) is 11.5. The Morgan fingerprint density at radius 1 is 1.22 bits per heavy atom. The Kier molecular flexibility index (Phi) is 3.84. The molecule has 0 atom stereocenters. The van der Waals surface area contributed by atoms with E-state index >= 15 is 0 Å². The van der Waals surface area contributed by atoms with Crippen LogP contribution in [0.15, 0.2) is 36.4 Å². The second kappa shape index (κ2) is 5.96. The number of hydrogen-bond acceptors (Lipinski definition) is 6. The molecule has 3 rings (SSSR count). The predicted octanol–water partition coefficient (Wildman–Crippen LogP) is 1.68. The standard InChI is InChI=1S/C16H13NO6/c18-13(17-7-8-22-16(17)21)9-23-15(20)12-6-5-10-3-1-2-4-11(10)14(12)19/h1-6,19H,7-9H2. The van der Waals surface area contributed by atoms with Crippen LogP contribution in [0.5, 0.6) is 5.75 Å². The van der Waals surface area contributed by atoms with Crippen LogP contribution in [0.3, 0.4) is 0 Å². The highest BCUT2D eigenvalue weighted by molar-refractivity contribution is 6.02. The molecule has 2 amide bonds. The molecule has 23 heavy (non-hydrogen) atoms. The zero-order valence-corrected chi connectivity index (χ0v) is 12.0. The fraction of sp³-hybridized carbons (Fsp3) is 0.188. The number of carbonyl (C=O) groups is 3. The molecule has 0 aliphatic carbocycles. The van der Waals surface area contributed by atoms with Crippen molar-refractivity contribution >= 4 is 28.7 Å². The lowest BCUT2D eigenvalue weighted by molar-refractivity contribution is -0.131. The second-order valence-electron chi connectivity index (χ2n) is 4.92. The zero-order valence-electron chi connectivity index (χ0n) is 12.0. The number of benzene rings is 2. The van der Waals surface area contributed by atoms with E-state index in [2.05, 4.69) is 4.74 Å². The van der Waals surface area contributed by atoms with Gasteiger partial charge in [-0.3, -0.25) is 4.79 Å². The number of ether oxygens (including phenoxy) is 2. The molecule has 1 saturated heterocycles. The molecule has 0 radical (unpaired) electrons. The van der Waals surface area contributed by atoms with E-state index in [1.165, 1.54) is 6.07 Å². The van der Waals surface area contributed by atoms with Gasteiger partial charge in [0.05, 0.1) is 6.54 Å². The van der Waals surface area contributed by atoms with Crippen LogP contribution in [0.25, 0.3) is 10.8 Å². The molecule has 0 unspecified atom stereocenters. The monoisotopic (exact) mass is 315 g/mol. The Morgan fingerprint density at radius 3 is 2.74 bits per heavy atom. The topological polar surface area (TPSA) is 93.1 Å². The number of rotatable bonds is 3. The Hall–Kier alpha value is -3.09. The summed E-state index contributed by atoms with van der Waals surface area (Å²) in [5.41, 5.74) is -0.0412. The molecule has 7 heteroatoms. The van der Waals surface area contributed by atoms with Gasteiger partial charge in [0.15, 0.2) is 6.61 Å². The van der Waals surface area contributed by atoms with Crippen LogP contribution in [0, 0.1) is 0 Å². The maximum absolute atomic E-state index is 12.0. The molecule has 0 saturated carbocycles. The number of phenolic OH excluding ortho intramolecular Hbond substituents is 1. The van der Waals surface area contributed by atoms with Gasteiger partial charge < -0.3 is 14.6 Å². The van der Waals surface area contributed by atoms with E-state index in [0.717, 1.165) is 10.3 Å². The highest BCUT2D eigenvalue weighted by Gasteiger charge is 2.29. The van der Waals surface area contributed by atoms with Crippen molar-refractivity contribution in [2.75, 3.05) is 19.8 Å². The summed E-state index contributed by atoms with van der Waals surface area (Å²) < 4.78 is 9.51. The highest BCUT2D eigenvalue weighted by Crippen LogP contribution is 2.28. The maximum Gasteiger partial charge on any atom is 0.416 e.